The molecule has 1 heterocycles. The Hall–Kier alpha value is -3.45. The Morgan fingerprint density at radius 2 is 1.87 bits per heavy atom. The van der Waals surface area contributed by atoms with Crippen molar-refractivity contribution in [2.75, 3.05) is 63.4 Å². The van der Waals surface area contributed by atoms with Crippen LogP contribution in [0.3, 0.4) is 0 Å². The minimum atomic E-state index is -4.13. The number of nitrogens with zero attached hydrogens (tertiary/aromatic N) is 3. The number of aryl methyl sites for hydroxylation is 1. The van der Waals surface area contributed by atoms with Crippen molar-refractivity contribution in [1.82, 2.24) is 10.2 Å². The SMILES string of the molecule is COCCOCC(O)CN(c1cc(C)cc(OCCNc2ccnnc2)c1)S(=O)(=O)c1ccccc1OC. The lowest BCUT2D eigenvalue weighted by Crippen LogP contribution is -2.39. The zero-order valence-corrected chi connectivity index (χ0v) is 22.6. The predicted octanol–water partition coefficient (Wildman–Crippen LogP) is 2.50. The summed E-state index contributed by atoms with van der Waals surface area (Å²) in [6.45, 7) is 2.99. The van der Waals surface area contributed by atoms with E-state index >= 15 is 0 Å². The molecule has 3 aromatic rings. The van der Waals surface area contributed by atoms with Gasteiger partial charge in [-0.3, -0.25) is 4.31 Å². The van der Waals surface area contributed by atoms with E-state index in [4.69, 9.17) is 18.9 Å². The van der Waals surface area contributed by atoms with Crippen molar-refractivity contribution in [2.45, 2.75) is 17.9 Å². The first-order valence-corrected chi connectivity index (χ1v) is 13.4. The van der Waals surface area contributed by atoms with Gasteiger partial charge in [-0.15, -0.1) is 0 Å². The molecule has 0 aliphatic rings. The van der Waals surface area contributed by atoms with Crippen molar-refractivity contribution in [1.29, 1.82) is 0 Å². The fourth-order valence-corrected chi connectivity index (χ4v) is 5.26. The van der Waals surface area contributed by atoms with Crippen LogP contribution in [0.25, 0.3) is 0 Å². The molecule has 0 aliphatic carbocycles. The highest BCUT2D eigenvalue weighted by Gasteiger charge is 2.30. The fourth-order valence-electron chi connectivity index (χ4n) is 3.61. The molecule has 0 saturated carbocycles. The van der Waals surface area contributed by atoms with E-state index in [0.29, 0.717) is 31.2 Å². The first-order valence-electron chi connectivity index (χ1n) is 12.0. The van der Waals surface area contributed by atoms with Gasteiger partial charge in [0.25, 0.3) is 10.0 Å². The molecule has 11 nitrogen and oxygen atoms in total. The Morgan fingerprint density at radius 1 is 1.05 bits per heavy atom. The van der Waals surface area contributed by atoms with Crippen molar-refractivity contribution < 1.29 is 32.5 Å². The Bertz CT molecular complexity index is 1250. The number of aliphatic hydroxyl groups is 1. The minimum Gasteiger partial charge on any atom is -0.495 e. The van der Waals surface area contributed by atoms with Gasteiger partial charge in [0, 0.05) is 19.7 Å². The summed E-state index contributed by atoms with van der Waals surface area (Å²) < 4.78 is 50.5. The van der Waals surface area contributed by atoms with E-state index in [1.54, 1.807) is 55.9 Å². The maximum absolute atomic E-state index is 13.9. The Labute approximate surface area is 223 Å². The summed E-state index contributed by atoms with van der Waals surface area (Å²) in [6.07, 6.45) is 2.10. The summed E-state index contributed by atoms with van der Waals surface area (Å²) in [4.78, 5) is -0.0193. The molecule has 1 atom stereocenters. The normalized spacial score (nSPS) is 12.1. The second kappa shape index (κ2) is 14.5. The van der Waals surface area contributed by atoms with Crippen LogP contribution in [0.5, 0.6) is 11.5 Å². The average molecular weight is 547 g/mol. The number of hydrogen-bond donors (Lipinski definition) is 2. The first kappa shape index (κ1) is 29.1. The first-order chi connectivity index (χ1) is 18.3. The van der Waals surface area contributed by atoms with Gasteiger partial charge in [0.15, 0.2) is 0 Å². The number of methoxy groups -OCH3 is 2. The van der Waals surface area contributed by atoms with E-state index < -0.39 is 16.1 Å². The average Bonchev–Trinajstić information content (AvgIpc) is 2.92. The van der Waals surface area contributed by atoms with Gasteiger partial charge in [0.1, 0.15) is 23.0 Å². The molecule has 1 unspecified atom stereocenters. The molecule has 0 bridgehead atoms. The third-order valence-corrected chi connectivity index (χ3v) is 7.20. The van der Waals surface area contributed by atoms with Gasteiger partial charge in [-0.1, -0.05) is 12.1 Å². The number of ether oxygens (including phenoxy) is 4. The smallest absolute Gasteiger partial charge is 0.268 e. The number of sulfonamides is 1. The lowest BCUT2D eigenvalue weighted by Gasteiger charge is -2.28. The number of para-hydroxylation sites is 1. The number of benzene rings is 2. The van der Waals surface area contributed by atoms with Crippen molar-refractivity contribution in [3.05, 3.63) is 66.5 Å². The van der Waals surface area contributed by atoms with E-state index in [2.05, 4.69) is 15.5 Å². The quantitative estimate of drug-likeness (QED) is 0.258. The van der Waals surface area contributed by atoms with Gasteiger partial charge >= 0.3 is 0 Å². The van der Waals surface area contributed by atoms with E-state index in [9.17, 15) is 13.5 Å². The third-order valence-electron chi connectivity index (χ3n) is 5.36. The maximum Gasteiger partial charge on any atom is 0.268 e. The van der Waals surface area contributed by atoms with Crippen LogP contribution in [0, 0.1) is 6.92 Å². The monoisotopic (exact) mass is 546 g/mol. The molecule has 2 aromatic carbocycles. The fraction of sp³-hybridized carbons (Fsp3) is 0.385. The number of anilines is 2. The predicted molar refractivity (Wildman–Crippen MR) is 143 cm³/mol. The van der Waals surface area contributed by atoms with Gasteiger partial charge in [0.2, 0.25) is 0 Å². The summed E-state index contributed by atoms with van der Waals surface area (Å²) in [5, 5.41) is 21.4. The van der Waals surface area contributed by atoms with E-state index in [-0.39, 0.29) is 30.4 Å². The highest BCUT2D eigenvalue weighted by molar-refractivity contribution is 7.93. The minimum absolute atomic E-state index is 0.0193. The second-order valence-corrected chi connectivity index (χ2v) is 10.1. The van der Waals surface area contributed by atoms with Crippen molar-refractivity contribution in [3.8, 4) is 11.5 Å². The van der Waals surface area contributed by atoms with Crippen molar-refractivity contribution in [3.63, 3.8) is 0 Å². The molecule has 2 N–H and O–H groups in total. The summed E-state index contributed by atoms with van der Waals surface area (Å²) in [6, 6.07) is 13.3. The molecule has 38 heavy (non-hydrogen) atoms. The Morgan fingerprint density at radius 3 is 2.61 bits per heavy atom. The summed E-state index contributed by atoms with van der Waals surface area (Å²) >= 11 is 0. The number of hydrogen-bond acceptors (Lipinski definition) is 10. The number of nitrogens with one attached hydrogen (secondary N) is 1. The van der Waals surface area contributed by atoms with Crippen LogP contribution in [0.1, 0.15) is 5.56 Å². The van der Waals surface area contributed by atoms with Crippen LogP contribution in [0.2, 0.25) is 0 Å². The Balaban J connectivity index is 1.84. The second-order valence-electron chi connectivity index (χ2n) is 8.32. The molecule has 0 aliphatic heterocycles. The number of aliphatic hydroxyl groups excluding tert-OH is 1. The largest absolute Gasteiger partial charge is 0.495 e. The highest BCUT2D eigenvalue weighted by atomic mass is 32.2. The van der Waals surface area contributed by atoms with Crippen LogP contribution in [-0.4, -0.2) is 83.6 Å². The molecule has 0 spiro atoms. The van der Waals surface area contributed by atoms with Crippen LogP contribution in [0.4, 0.5) is 11.4 Å². The van der Waals surface area contributed by atoms with Crippen LogP contribution < -0.4 is 19.1 Å². The van der Waals surface area contributed by atoms with Crippen LogP contribution >= 0.6 is 0 Å². The number of rotatable bonds is 16. The van der Waals surface area contributed by atoms with Gasteiger partial charge in [0.05, 0.1) is 63.3 Å². The molecule has 3 rings (SSSR count). The molecule has 1 aromatic heterocycles. The van der Waals surface area contributed by atoms with Crippen molar-refractivity contribution >= 4 is 21.4 Å². The summed E-state index contributed by atoms with van der Waals surface area (Å²) in [5.74, 6) is 0.685. The lowest BCUT2D eigenvalue weighted by atomic mass is 10.2. The molecule has 0 radical (unpaired) electrons. The molecule has 206 valence electrons. The Kier molecular flexibility index (Phi) is 11.1. The lowest BCUT2D eigenvalue weighted by molar-refractivity contribution is 0.0171. The summed E-state index contributed by atoms with van der Waals surface area (Å²) in [5.41, 5.74) is 1.94. The topological polar surface area (TPSA) is 132 Å². The zero-order chi connectivity index (χ0) is 27.4. The van der Waals surface area contributed by atoms with E-state index in [0.717, 1.165) is 15.6 Å². The summed E-state index contributed by atoms with van der Waals surface area (Å²) in [7, 11) is -1.18. The zero-order valence-electron chi connectivity index (χ0n) is 21.7. The molecular formula is C26H34N4O7S. The third kappa shape index (κ3) is 8.28. The molecular weight excluding hydrogens is 512 g/mol. The number of aromatic nitrogens is 2. The maximum atomic E-state index is 13.9. The highest BCUT2D eigenvalue weighted by Crippen LogP contribution is 2.32. The van der Waals surface area contributed by atoms with Gasteiger partial charge in [-0.05, 0) is 42.8 Å². The molecule has 0 fully saturated rings. The van der Waals surface area contributed by atoms with Gasteiger partial charge in [-0.2, -0.15) is 10.2 Å². The van der Waals surface area contributed by atoms with Gasteiger partial charge in [-0.25, -0.2) is 8.42 Å². The molecule has 0 amide bonds. The van der Waals surface area contributed by atoms with Crippen molar-refractivity contribution in [2.24, 2.45) is 0 Å². The standard InChI is InChI=1S/C26H34N4O7S/c1-20-14-22(16-24(15-20)37-11-10-27-21-8-9-28-29-17-21)30(18-23(31)19-36-13-12-34-2)38(32,33)26-7-5-4-6-25(26)35-3/h4-9,14-17,23,31H,10-13,18-19H2,1-3H3,(H,27,28). The molecule has 0 saturated heterocycles. The molecule has 12 heteroatoms. The van der Waals surface area contributed by atoms with Crippen LogP contribution in [-0.2, 0) is 19.5 Å². The van der Waals surface area contributed by atoms with E-state index in [1.807, 2.05) is 13.0 Å². The van der Waals surface area contributed by atoms with E-state index in [1.165, 1.54) is 13.2 Å². The van der Waals surface area contributed by atoms with Crippen LogP contribution in [0.15, 0.2) is 65.8 Å². The van der Waals surface area contributed by atoms with Gasteiger partial charge < -0.3 is 29.4 Å².